The second kappa shape index (κ2) is 8.31. The van der Waals surface area contributed by atoms with Crippen molar-refractivity contribution in [2.75, 3.05) is 6.61 Å². The van der Waals surface area contributed by atoms with Gasteiger partial charge in [0, 0.05) is 11.8 Å². The van der Waals surface area contributed by atoms with E-state index >= 15 is 0 Å². The smallest absolute Gasteiger partial charge is 0.306 e. The number of esters is 1. The molecule has 0 bridgehead atoms. The summed E-state index contributed by atoms with van der Waals surface area (Å²) in [6.45, 7) is 3.41. The van der Waals surface area contributed by atoms with Gasteiger partial charge in [-0.25, -0.2) is 0 Å². The molecule has 8 heteroatoms. The van der Waals surface area contributed by atoms with Crippen molar-refractivity contribution in [3.63, 3.8) is 0 Å². The number of carboxylic acids is 1. The Bertz CT molecular complexity index is 908. The fourth-order valence-corrected chi connectivity index (χ4v) is 7.70. The SMILES string of the molecule is C[C@]12CCC(=O)C=C1CCC1C2[C@H](O)C[C@@]2(C)C1CC[C@]2(O)C(=O)COC(=O)CCC(=O)O. The summed E-state index contributed by atoms with van der Waals surface area (Å²) >= 11 is 0. The Kier molecular flexibility index (Phi) is 6.06. The van der Waals surface area contributed by atoms with Crippen molar-refractivity contribution in [3.05, 3.63) is 11.6 Å². The van der Waals surface area contributed by atoms with Crippen LogP contribution in [0.1, 0.15) is 71.6 Å². The topological polar surface area (TPSA) is 138 Å². The molecule has 3 fully saturated rings. The molecule has 0 aliphatic heterocycles. The van der Waals surface area contributed by atoms with Crippen LogP contribution < -0.4 is 0 Å². The first-order chi connectivity index (χ1) is 15.4. The Balaban J connectivity index is 1.53. The number of rotatable bonds is 6. The van der Waals surface area contributed by atoms with Crippen molar-refractivity contribution < 1.29 is 39.2 Å². The van der Waals surface area contributed by atoms with Crippen LogP contribution in [0.2, 0.25) is 0 Å². The van der Waals surface area contributed by atoms with Crippen LogP contribution in [0.4, 0.5) is 0 Å². The Morgan fingerprint density at radius 1 is 1.12 bits per heavy atom. The van der Waals surface area contributed by atoms with E-state index in [4.69, 9.17) is 9.84 Å². The number of carbonyl (C=O) groups is 4. The van der Waals surface area contributed by atoms with Gasteiger partial charge in [0.15, 0.2) is 12.4 Å². The van der Waals surface area contributed by atoms with Crippen LogP contribution in [0, 0.1) is 28.6 Å². The van der Waals surface area contributed by atoms with Gasteiger partial charge in [0.1, 0.15) is 5.60 Å². The predicted octanol–water partition coefficient (Wildman–Crippen LogP) is 2.20. The van der Waals surface area contributed by atoms with Gasteiger partial charge in [0.05, 0.1) is 18.9 Å². The molecule has 0 aromatic rings. The number of carboxylic acid groups (broad SMARTS) is 1. The summed E-state index contributed by atoms with van der Waals surface area (Å²) in [5.74, 6) is -2.20. The summed E-state index contributed by atoms with van der Waals surface area (Å²) in [4.78, 5) is 47.5. The second-order valence-corrected chi connectivity index (χ2v) is 11.0. The predicted molar refractivity (Wildman–Crippen MR) is 116 cm³/mol. The van der Waals surface area contributed by atoms with Crippen molar-refractivity contribution in [1.82, 2.24) is 0 Å². The summed E-state index contributed by atoms with van der Waals surface area (Å²) in [6, 6.07) is 0. The molecule has 182 valence electrons. The molecule has 0 spiro atoms. The molecule has 0 radical (unpaired) electrons. The number of ketones is 2. The molecule has 3 saturated carbocycles. The highest BCUT2D eigenvalue weighted by Gasteiger charge is 2.68. The van der Waals surface area contributed by atoms with Crippen molar-refractivity contribution >= 4 is 23.5 Å². The van der Waals surface area contributed by atoms with E-state index in [0.717, 1.165) is 24.8 Å². The second-order valence-electron chi connectivity index (χ2n) is 11.0. The molecule has 3 unspecified atom stereocenters. The number of aliphatic hydroxyl groups is 2. The molecular formula is C25H34O8. The zero-order valence-electron chi connectivity index (χ0n) is 19.3. The first kappa shape index (κ1) is 24.1. The van der Waals surface area contributed by atoms with Crippen LogP contribution in [0.15, 0.2) is 11.6 Å². The standard InChI is InChI=1S/C25H34O8/c1-23-9-7-15(26)11-14(23)3-4-16-17-8-10-25(32,24(17,2)12-18(27)22(16)23)19(28)13-33-21(31)6-5-20(29)30/h11,16-18,22,27,32H,3-10,12-13H2,1-2H3,(H,29,30)/t16?,17?,18-,22?,23+,24+,25+/m1/s1. The fraction of sp³-hybridized carbons (Fsp3) is 0.760. The molecule has 0 saturated heterocycles. The molecule has 4 aliphatic carbocycles. The van der Waals surface area contributed by atoms with E-state index in [9.17, 15) is 29.4 Å². The molecule has 0 amide bonds. The lowest BCUT2D eigenvalue weighted by molar-refractivity contribution is -0.184. The quantitative estimate of drug-likeness (QED) is 0.511. The van der Waals surface area contributed by atoms with Crippen LogP contribution in [-0.4, -0.2) is 57.1 Å². The third kappa shape index (κ3) is 3.75. The number of aliphatic carboxylic acids is 1. The van der Waals surface area contributed by atoms with Crippen LogP contribution in [0.25, 0.3) is 0 Å². The average molecular weight is 463 g/mol. The maximum absolute atomic E-state index is 13.1. The molecule has 0 aromatic carbocycles. The lowest BCUT2D eigenvalue weighted by Gasteiger charge is -2.60. The molecule has 3 N–H and O–H groups in total. The van der Waals surface area contributed by atoms with Gasteiger partial charge in [-0.1, -0.05) is 19.4 Å². The third-order valence-electron chi connectivity index (χ3n) is 9.42. The van der Waals surface area contributed by atoms with E-state index in [-0.39, 0.29) is 54.6 Å². The Labute approximate surface area is 193 Å². The summed E-state index contributed by atoms with van der Waals surface area (Å²) in [6.07, 6.45) is 4.30. The summed E-state index contributed by atoms with van der Waals surface area (Å²) < 4.78 is 4.97. The minimum absolute atomic E-state index is 0.0185. The highest BCUT2D eigenvalue weighted by atomic mass is 16.5. The number of aliphatic hydroxyl groups excluding tert-OH is 1. The van der Waals surface area contributed by atoms with Gasteiger partial charge in [-0.3, -0.25) is 19.2 Å². The van der Waals surface area contributed by atoms with E-state index in [1.165, 1.54) is 0 Å². The maximum atomic E-state index is 13.1. The third-order valence-corrected chi connectivity index (χ3v) is 9.42. The number of carbonyl (C=O) groups excluding carboxylic acids is 3. The van der Waals surface area contributed by atoms with Crippen molar-refractivity contribution in [3.8, 4) is 0 Å². The number of fused-ring (bicyclic) bond motifs is 5. The maximum Gasteiger partial charge on any atom is 0.306 e. The van der Waals surface area contributed by atoms with Gasteiger partial charge >= 0.3 is 11.9 Å². The number of ether oxygens (including phenoxy) is 1. The van der Waals surface area contributed by atoms with E-state index in [1.807, 2.05) is 6.92 Å². The number of hydrogen-bond acceptors (Lipinski definition) is 7. The summed E-state index contributed by atoms with van der Waals surface area (Å²) in [7, 11) is 0. The Morgan fingerprint density at radius 3 is 2.55 bits per heavy atom. The number of Topliss-reactive ketones (excluding diaryl/α,β-unsaturated/α-hetero) is 1. The Hall–Kier alpha value is -2.06. The minimum atomic E-state index is -1.71. The lowest BCUT2D eigenvalue weighted by atomic mass is 9.45. The van der Waals surface area contributed by atoms with Crippen LogP contribution >= 0.6 is 0 Å². The molecule has 4 rings (SSSR count). The van der Waals surface area contributed by atoms with Crippen molar-refractivity contribution in [2.45, 2.75) is 83.3 Å². The molecule has 7 atom stereocenters. The lowest BCUT2D eigenvalue weighted by Crippen LogP contribution is -2.62. The summed E-state index contributed by atoms with van der Waals surface area (Å²) in [5.41, 5.74) is -1.68. The molecule has 0 heterocycles. The zero-order chi connectivity index (χ0) is 24.2. The van der Waals surface area contributed by atoms with Gasteiger partial charge in [0.25, 0.3) is 0 Å². The number of allylic oxidation sites excluding steroid dienone is 1. The molecular weight excluding hydrogens is 428 g/mol. The van der Waals surface area contributed by atoms with E-state index in [2.05, 4.69) is 6.92 Å². The van der Waals surface area contributed by atoms with Crippen molar-refractivity contribution in [1.29, 1.82) is 0 Å². The van der Waals surface area contributed by atoms with Gasteiger partial charge in [0.2, 0.25) is 5.78 Å². The number of hydrogen-bond donors (Lipinski definition) is 3. The minimum Gasteiger partial charge on any atom is -0.481 e. The molecule has 4 aliphatic rings. The fourth-order valence-electron chi connectivity index (χ4n) is 7.70. The van der Waals surface area contributed by atoms with E-state index in [1.54, 1.807) is 6.08 Å². The average Bonchev–Trinajstić information content (AvgIpc) is 3.02. The highest BCUT2D eigenvalue weighted by Crippen LogP contribution is 2.67. The first-order valence-electron chi connectivity index (χ1n) is 12.0. The monoisotopic (exact) mass is 462 g/mol. The van der Waals surface area contributed by atoms with Gasteiger partial charge < -0.3 is 20.1 Å². The van der Waals surface area contributed by atoms with Gasteiger partial charge in [-0.05, 0) is 67.8 Å². The Morgan fingerprint density at radius 2 is 1.85 bits per heavy atom. The largest absolute Gasteiger partial charge is 0.481 e. The molecule has 0 aromatic heterocycles. The molecule has 33 heavy (non-hydrogen) atoms. The van der Waals surface area contributed by atoms with Gasteiger partial charge in [-0.15, -0.1) is 0 Å². The zero-order valence-corrected chi connectivity index (χ0v) is 19.3. The normalized spacial score (nSPS) is 41.9. The van der Waals surface area contributed by atoms with Crippen LogP contribution in [0.5, 0.6) is 0 Å². The van der Waals surface area contributed by atoms with Crippen LogP contribution in [0.3, 0.4) is 0 Å². The van der Waals surface area contributed by atoms with E-state index in [0.29, 0.717) is 12.8 Å². The van der Waals surface area contributed by atoms with Crippen molar-refractivity contribution in [2.24, 2.45) is 28.6 Å². The first-order valence-corrected chi connectivity index (χ1v) is 12.0. The van der Waals surface area contributed by atoms with E-state index < -0.39 is 41.4 Å². The molecule has 8 nitrogen and oxygen atoms in total. The van der Waals surface area contributed by atoms with Gasteiger partial charge in [-0.2, -0.15) is 0 Å². The highest BCUT2D eigenvalue weighted by molar-refractivity contribution is 5.92. The van der Waals surface area contributed by atoms with Crippen LogP contribution in [-0.2, 0) is 23.9 Å². The summed E-state index contributed by atoms with van der Waals surface area (Å²) in [5, 5.41) is 31.6.